The lowest BCUT2D eigenvalue weighted by molar-refractivity contribution is 0.0996. The maximum absolute atomic E-state index is 11.8. The number of aryl methyl sites for hydroxylation is 1. The van der Waals surface area contributed by atoms with Gasteiger partial charge in [-0.1, -0.05) is 0 Å². The Hall–Kier alpha value is -2.28. The van der Waals surface area contributed by atoms with E-state index in [1.165, 1.54) is 6.26 Å². The van der Waals surface area contributed by atoms with E-state index in [1.807, 2.05) is 0 Å². The van der Waals surface area contributed by atoms with Crippen molar-refractivity contribution in [3.63, 3.8) is 0 Å². The van der Waals surface area contributed by atoms with E-state index in [2.05, 4.69) is 10.0 Å². The van der Waals surface area contributed by atoms with Gasteiger partial charge in [-0.05, 0) is 42.8 Å². The second-order valence-electron chi connectivity index (χ2n) is 4.34. The van der Waals surface area contributed by atoms with Crippen molar-refractivity contribution in [1.82, 2.24) is 0 Å². The van der Waals surface area contributed by atoms with Crippen molar-refractivity contribution < 1.29 is 17.6 Å². The maximum atomic E-state index is 11.8. The van der Waals surface area contributed by atoms with Crippen molar-refractivity contribution >= 4 is 27.3 Å². The number of rotatable bonds is 4. The highest BCUT2D eigenvalue weighted by Crippen LogP contribution is 2.21. The minimum absolute atomic E-state index is 0.209. The fourth-order valence-electron chi connectivity index (χ4n) is 1.66. The van der Waals surface area contributed by atoms with Crippen LogP contribution < -0.4 is 10.0 Å². The standard InChI is InChI=1S/C13H14N2O4S/c1-9-8-10(5-6-11(9)15-20(2,17)18)14-13(16)12-4-3-7-19-12/h3-8,15H,1-2H3,(H,14,16). The molecule has 0 aliphatic rings. The molecule has 0 aliphatic carbocycles. The fourth-order valence-corrected chi connectivity index (χ4v) is 2.28. The van der Waals surface area contributed by atoms with E-state index >= 15 is 0 Å². The molecule has 1 amide bonds. The van der Waals surface area contributed by atoms with Crippen molar-refractivity contribution in [2.24, 2.45) is 0 Å². The largest absolute Gasteiger partial charge is 0.459 e. The number of sulfonamides is 1. The number of anilines is 2. The Bertz CT molecular complexity index is 721. The van der Waals surface area contributed by atoms with Gasteiger partial charge in [-0.15, -0.1) is 0 Å². The summed E-state index contributed by atoms with van der Waals surface area (Å²) in [6, 6.07) is 8.06. The van der Waals surface area contributed by atoms with Gasteiger partial charge in [-0.25, -0.2) is 8.42 Å². The van der Waals surface area contributed by atoms with Crippen LogP contribution in [0, 0.1) is 6.92 Å². The number of carbonyl (C=O) groups is 1. The molecule has 1 aromatic carbocycles. The van der Waals surface area contributed by atoms with Gasteiger partial charge in [0.05, 0.1) is 18.2 Å². The Kier molecular flexibility index (Phi) is 3.80. The second kappa shape index (κ2) is 5.38. The van der Waals surface area contributed by atoms with Crippen molar-refractivity contribution in [3.05, 3.63) is 47.9 Å². The minimum atomic E-state index is -3.32. The van der Waals surface area contributed by atoms with Gasteiger partial charge in [0.2, 0.25) is 10.0 Å². The summed E-state index contributed by atoms with van der Waals surface area (Å²) >= 11 is 0. The lowest BCUT2D eigenvalue weighted by Gasteiger charge is -2.10. The summed E-state index contributed by atoms with van der Waals surface area (Å²) in [5.74, 6) is -0.154. The summed E-state index contributed by atoms with van der Waals surface area (Å²) in [4.78, 5) is 11.8. The molecule has 0 atom stereocenters. The van der Waals surface area contributed by atoms with Gasteiger partial charge in [0.25, 0.3) is 5.91 Å². The van der Waals surface area contributed by atoms with Crippen molar-refractivity contribution in [1.29, 1.82) is 0 Å². The van der Waals surface area contributed by atoms with E-state index in [0.29, 0.717) is 16.9 Å². The molecule has 1 aromatic heterocycles. The number of carbonyl (C=O) groups excluding carboxylic acids is 1. The highest BCUT2D eigenvalue weighted by atomic mass is 32.2. The predicted octanol–water partition coefficient (Wildman–Crippen LogP) is 2.21. The van der Waals surface area contributed by atoms with Crippen LogP contribution in [0.15, 0.2) is 41.0 Å². The normalized spacial score (nSPS) is 11.1. The summed E-state index contributed by atoms with van der Waals surface area (Å²) in [6.07, 6.45) is 2.50. The third kappa shape index (κ3) is 3.61. The average Bonchev–Trinajstić information content (AvgIpc) is 2.85. The van der Waals surface area contributed by atoms with Crippen molar-refractivity contribution in [2.45, 2.75) is 6.92 Å². The van der Waals surface area contributed by atoms with Crippen molar-refractivity contribution in [2.75, 3.05) is 16.3 Å². The van der Waals surface area contributed by atoms with E-state index in [4.69, 9.17) is 4.42 Å². The highest BCUT2D eigenvalue weighted by Gasteiger charge is 2.10. The first-order chi connectivity index (χ1) is 9.35. The topological polar surface area (TPSA) is 88.4 Å². The number of hydrogen-bond acceptors (Lipinski definition) is 4. The first-order valence-electron chi connectivity index (χ1n) is 5.78. The van der Waals surface area contributed by atoms with Gasteiger partial charge in [0.15, 0.2) is 5.76 Å². The molecule has 106 valence electrons. The first-order valence-corrected chi connectivity index (χ1v) is 7.67. The third-order valence-corrected chi connectivity index (χ3v) is 3.12. The Balaban J connectivity index is 2.15. The van der Waals surface area contributed by atoms with Gasteiger partial charge in [0.1, 0.15) is 0 Å². The SMILES string of the molecule is Cc1cc(NC(=O)c2ccco2)ccc1NS(C)(=O)=O. The summed E-state index contributed by atoms with van der Waals surface area (Å²) in [5, 5.41) is 2.67. The second-order valence-corrected chi connectivity index (χ2v) is 6.08. The van der Waals surface area contributed by atoms with Crippen LogP contribution in [0.2, 0.25) is 0 Å². The van der Waals surface area contributed by atoms with E-state index in [0.717, 1.165) is 6.26 Å². The molecule has 0 radical (unpaired) electrons. The molecule has 0 bridgehead atoms. The smallest absolute Gasteiger partial charge is 0.291 e. The summed E-state index contributed by atoms with van der Waals surface area (Å²) < 4.78 is 29.7. The van der Waals surface area contributed by atoms with Crippen LogP contribution in [-0.4, -0.2) is 20.6 Å². The van der Waals surface area contributed by atoms with Gasteiger partial charge in [-0.3, -0.25) is 9.52 Å². The van der Waals surface area contributed by atoms with E-state index in [9.17, 15) is 13.2 Å². The number of hydrogen-bond donors (Lipinski definition) is 2. The number of amides is 1. The van der Waals surface area contributed by atoms with Gasteiger partial charge >= 0.3 is 0 Å². The molecule has 0 unspecified atom stereocenters. The van der Waals surface area contributed by atoms with Gasteiger partial charge in [0, 0.05) is 5.69 Å². The van der Waals surface area contributed by atoms with Gasteiger partial charge < -0.3 is 9.73 Å². The molecular formula is C13H14N2O4S. The van der Waals surface area contributed by atoms with Crippen LogP contribution in [0.25, 0.3) is 0 Å². The molecule has 2 rings (SSSR count). The van der Waals surface area contributed by atoms with Crippen molar-refractivity contribution in [3.8, 4) is 0 Å². The summed E-state index contributed by atoms with van der Waals surface area (Å²) in [5.41, 5.74) is 1.74. The molecule has 0 spiro atoms. The van der Waals surface area contributed by atoms with E-state index in [1.54, 1.807) is 37.3 Å². The van der Waals surface area contributed by atoms with Crippen LogP contribution in [0.5, 0.6) is 0 Å². The Morgan fingerprint density at radius 1 is 1.25 bits per heavy atom. The quantitative estimate of drug-likeness (QED) is 0.905. The minimum Gasteiger partial charge on any atom is -0.459 e. The zero-order valence-electron chi connectivity index (χ0n) is 11.0. The van der Waals surface area contributed by atoms with E-state index < -0.39 is 10.0 Å². The molecule has 0 fully saturated rings. The maximum Gasteiger partial charge on any atom is 0.291 e. The molecule has 1 heterocycles. The summed E-state index contributed by atoms with van der Waals surface area (Å²) in [7, 11) is -3.32. The van der Waals surface area contributed by atoms with Gasteiger partial charge in [-0.2, -0.15) is 0 Å². The monoisotopic (exact) mass is 294 g/mol. The van der Waals surface area contributed by atoms with Crippen LogP contribution >= 0.6 is 0 Å². The lowest BCUT2D eigenvalue weighted by Crippen LogP contribution is -2.12. The molecule has 2 aromatic rings. The molecule has 0 saturated heterocycles. The first kappa shape index (κ1) is 14.1. The molecule has 0 saturated carbocycles. The van der Waals surface area contributed by atoms with Crippen LogP contribution in [0.3, 0.4) is 0 Å². The number of nitrogens with one attached hydrogen (secondary N) is 2. The lowest BCUT2D eigenvalue weighted by atomic mass is 10.2. The Morgan fingerprint density at radius 3 is 2.55 bits per heavy atom. The Labute approximate surface area is 116 Å². The third-order valence-electron chi connectivity index (χ3n) is 2.52. The molecule has 7 heteroatoms. The fraction of sp³-hybridized carbons (Fsp3) is 0.154. The predicted molar refractivity (Wildman–Crippen MR) is 76.3 cm³/mol. The number of benzene rings is 1. The molecule has 6 nitrogen and oxygen atoms in total. The average molecular weight is 294 g/mol. The molecule has 0 aliphatic heterocycles. The van der Waals surface area contributed by atoms with Crippen LogP contribution in [0.1, 0.15) is 16.1 Å². The molecular weight excluding hydrogens is 280 g/mol. The molecule has 20 heavy (non-hydrogen) atoms. The zero-order valence-corrected chi connectivity index (χ0v) is 11.8. The zero-order chi connectivity index (χ0) is 14.8. The van der Waals surface area contributed by atoms with Crippen LogP contribution in [0.4, 0.5) is 11.4 Å². The van der Waals surface area contributed by atoms with Crippen LogP contribution in [-0.2, 0) is 10.0 Å². The molecule has 2 N–H and O–H groups in total. The summed E-state index contributed by atoms with van der Waals surface area (Å²) in [6.45, 7) is 1.75. The Morgan fingerprint density at radius 2 is 2.00 bits per heavy atom. The number of furan rings is 1. The highest BCUT2D eigenvalue weighted by molar-refractivity contribution is 7.92. The van der Waals surface area contributed by atoms with E-state index in [-0.39, 0.29) is 11.7 Å².